The minimum absolute atomic E-state index is 0.163. The lowest BCUT2D eigenvalue weighted by atomic mass is 9.93. The molecule has 0 bridgehead atoms. The fourth-order valence-corrected chi connectivity index (χ4v) is 2.43. The summed E-state index contributed by atoms with van der Waals surface area (Å²) >= 11 is 1.36. The maximum absolute atomic E-state index is 9.73. The Bertz CT molecular complexity index is 302. The molecule has 1 heterocycles. The predicted molar refractivity (Wildman–Crippen MR) is 56.5 cm³/mol. The molecule has 5 heteroatoms. The second-order valence-electron chi connectivity index (χ2n) is 3.75. The monoisotopic (exact) mass is 213 g/mol. The molecular weight excluding hydrogens is 198 g/mol. The van der Waals surface area contributed by atoms with E-state index < -0.39 is 0 Å². The van der Waals surface area contributed by atoms with Gasteiger partial charge in [0.25, 0.3) is 0 Å². The molecule has 4 nitrogen and oxygen atoms in total. The largest absolute Gasteiger partial charge is 0.391 e. The maximum atomic E-state index is 9.73. The van der Waals surface area contributed by atoms with Crippen molar-refractivity contribution in [3.05, 3.63) is 5.82 Å². The number of hydrogen-bond donors (Lipinski definition) is 2. The fraction of sp³-hybridized carbons (Fsp3) is 0.778. The molecular formula is C9H15N3OS. The highest BCUT2D eigenvalue weighted by atomic mass is 32.1. The minimum Gasteiger partial charge on any atom is -0.391 e. The molecule has 0 spiro atoms. The van der Waals surface area contributed by atoms with Gasteiger partial charge in [-0.15, -0.1) is 0 Å². The van der Waals surface area contributed by atoms with Crippen molar-refractivity contribution < 1.29 is 5.11 Å². The molecule has 1 aromatic rings. The van der Waals surface area contributed by atoms with Gasteiger partial charge in [0.05, 0.1) is 12.1 Å². The lowest BCUT2D eigenvalue weighted by Gasteiger charge is -2.27. The quantitative estimate of drug-likeness (QED) is 0.782. The standard InChI is InChI=1S/C9H15N3OS/c1-6-10-9(14-12-6)11-7-4-2-3-5-8(7)13/h7-8,13H,2-5H2,1H3,(H,10,11,12)/t7-,8+/m0/s1. The van der Waals surface area contributed by atoms with Gasteiger partial charge in [0, 0.05) is 11.5 Å². The number of nitrogens with one attached hydrogen (secondary N) is 1. The zero-order valence-electron chi connectivity index (χ0n) is 8.23. The van der Waals surface area contributed by atoms with Gasteiger partial charge in [-0.05, 0) is 19.8 Å². The molecule has 0 saturated heterocycles. The van der Waals surface area contributed by atoms with Crippen LogP contribution in [0, 0.1) is 6.92 Å². The van der Waals surface area contributed by atoms with Crippen molar-refractivity contribution in [3.8, 4) is 0 Å². The molecule has 1 saturated carbocycles. The Kier molecular flexibility index (Phi) is 2.98. The maximum Gasteiger partial charge on any atom is 0.202 e. The summed E-state index contributed by atoms with van der Waals surface area (Å²) in [6, 6.07) is 0.163. The average Bonchev–Trinajstić information content (AvgIpc) is 2.56. The van der Waals surface area contributed by atoms with Crippen LogP contribution in [0.5, 0.6) is 0 Å². The summed E-state index contributed by atoms with van der Waals surface area (Å²) in [4.78, 5) is 4.22. The highest BCUT2D eigenvalue weighted by molar-refractivity contribution is 7.09. The van der Waals surface area contributed by atoms with Crippen molar-refractivity contribution in [2.45, 2.75) is 44.8 Å². The Hall–Kier alpha value is -0.680. The van der Waals surface area contributed by atoms with Gasteiger partial charge in [-0.25, -0.2) is 4.98 Å². The Morgan fingerprint density at radius 2 is 2.21 bits per heavy atom. The van der Waals surface area contributed by atoms with E-state index in [-0.39, 0.29) is 12.1 Å². The van der Waals surface area contributed by atoms with Gasteiger partial charge in [0.15, 0.2) is 0 Å². The Labute approximate surface area is 87.5 Å². The molecule has 0 amide bonds. The van der Waals surface area contributed by atoms with Crippen molar-refractivity contribution >= 4 is 16.7 Å². The van der Waals surface area contributed by atoms with Crippen LogP contribution in [0.2, 0.25) is 0 Å². The third-order valence-electron chi connectivity index (χ3n) is 2.57. The van der Waals surface area contributed by atoms with Crippen LogP contribution in [0.3, 0.4) is 0 Å². The predicted octanol–water partition coefficient (Wildman–Crippen LogP) is 1.56. The number of aryl methyl sites for hydroxylation is 1. The van der Waals surface area contributed by atoms with E-state index in [4.69, 9.17) is 0 Å². The number of aliphatic hydroxyl groups excluding tert-OH is 1. The number of nitrogens with zero attached hydrogens (tertiary/aromatic N) is 2. The van der Waals surface area contributed by atoms with Crippen LogP contribution in [0.15, 0.2) is 0 Å². The first-order valence-corrected chi connectivity index (χ1v) is 5.78. The molecule has 0 aromatic carbocycles. The van der Waals surface area contributed by atoms with E-state index in [9.17, 15) is 5.11 Å². The van der Waals surface area contributed by atoms with E-state index in [0.717, 1.165) is 30.2 Å². The molecule has 2 atom stereocenters. The van der Waals surface area contributed by atoms with Crippen LogP contribution in [-0.4, -0.2) is 26.6 Å². The van der Waals surface area contributed by atoms with E-state index in [2.05, 4.69) is 14.7 Å². The summed E-state index contributed by atoms with van der Waals surface area (Å²) in [6.07, 6.45) is 4.02. The molecule has 1 aliphatic rings. The highest BCUT2D eigenvalue weighted by Crippen LogP contribution is 2.22. The van der Waals surface area contributed by atoms with Gasteiger partial charge in [0.2, 0.25) is 5.13 Å². The number of aliphatic hydroxyl groups is 1. The number of hydrogen-bond acceptors (Lipinski definition) is 5. The Morgan fingerprint density at radius 3 is 2.86 bits per heavy atom. The highest BCUT2D eigenvalue weighted by Gasteiger charge is 2.23. The second-order valence-corrected chi connectivity index (χ2v) is 4.50. The summed E-state index contributed by atoms with van der Waals surface area (Å²) < 4.78 is 4.09. The molecule has 14 heavy (non-hydrogen) atoms. The Balaban J connectivity index is 1.95. The summed E-state index contributed by atoms with van der Waals surface area (Å²) in [5, 5.41) is 13.8. The zero-order valence-corrected chi connectivity index (χ0v) is 9.05. The third kappa shape index (κ3) is 2.22. The topological polar surface area (TPSA) is 58.0 Å². The first kappa shape index (κ1) is 9.86. The van der Waals surface area contributed by atoms with Crippen molar-refractivity contribution in [1.29, 1.82) is 0 Å². The van der Waals surface area contributed by atoms with Crippen LogP contribution < -0.4 is 5.32 Å². The number of rotatable bonds is 2. The van der Waals surface area contributed by atoms with E-state index in [1.807, 2.05) is 6.92 Å². The molecule has 0 radical (unpaired) electrons. The molecule has 0 aliphatic heterocycles. The Morgan fingerprint density at radius 1 is 1.43 bits per heavy atom. The SMILES string of the molecule is Cc1nsc(N[C@H]2CCCC[C@H]2O)n1. The number of anilines is 1. The third-order valence-corrected chi connectivity index (χ3v) is 3.30. The molecule has 1 aromatic heterocycles. The van der Waals surface area contributed by atoms with E-state index >= 15 is 0 Å². The van der Waals surface area contributed by atoms with Gasteiger partial charge in [-0.3, -0.25) is 0 Å². The van der Waals surface area contributed by atoms with E-state index in [0.29, 0.717) is 0 Å². The number of aromatic nitrogens is 2. The van der Waals surface area contributed by atoms with Crippen LogP contribution in [0.25, 0.3) is 0 Å². The van der Waals surface area contributed by atoms with Crippen molar-refractivity contribution in [2.75, 3.05) is 5.32 Å². The smallest absolute Gasteiger partial charge is 0.202 e. The van der Waals surface area contributed by atoms with Crippen molar-refractivity contribution in [2.24, 2.45) is 0 Å². The van der Waals surface area contributed by atoms with Gasteiger partial charge in [-0.2, -0.15) is 4.37 Å². The molecule has 1 aliphatic carbocycles. The minimum atomic E-state index is -0.229. The molecule has 0 unspecified atom stereocenters. The summed E-state index contributed by atoms with van der Waals surface area (Å²) in [5.74, 6) is 0.794. The van der Waals surface area contributed by atoms with Gasteiger partial charge in [-0.1, -0.05) is 12.8 Å². The van der Waals surface area contributed by atoms with Gasteiger partial charge >= 0.3 is 0 Å². The molecule has 2 rings (SSSR count). The summed E-state index contributed by atoms with van der Waals surface area (Å²) in [6.45, 7) is 1.87. The van der Waals surface area contributed by atoms with Crippen LogP contribution >= 0.6 is 11.5 Å². The van der Waals surface area contributed by atoms with Gasteiger partial charge < -0.3 is 10.4 Å². The molecule has 78 valence electrons. The van der Waals surface area contributed by atoms with Crippen molar-refractivity contribution in [3.63, 3.8) is 0 Å². The lowest BCUT2D eigenvalue weighted by Crippen LogP contribution is -2.36. The van der Waals surface area contributed by atoms with Crippen molar-refractivity contribution in [1.82, 2.24) is 9.36 Å². The van der Waals surface area contributed by atoms with E-state index in [1.165, 1.54) is 18.0 Å². The zero-order chi connectivity index (χ0) is 9.97. The summed E-state index contributed by atoms with van der Waals surface area (Å²) in [5.41, 5.74) is 0. The second kappa shape index (κ2) is 4.23. The normalized spacial score (nSPS) is 27.6. The van der Waals surface area contributed by atoms with E-state index in [1.54, 1.807) is 0 Å². The molecule has 2 N–H and O–H groups in total. The lowest BCUT2D eigenvalue weighted by molar-refractivity contribution is 0.116. The first-order chi connectivity index (χ1) is 6.75. The fourth-order valence-electron chi connectivity index (χ4n) is 1.79. The first-order valence-electron chi connectivity index (χ1n) is 5.00. The van der Waals surface area contributed by atoms with Crippen LogP contribution in [0.1, 0.15) is 31.5 Å². The van der Waals surface area contributed by atoms with Gasteiger partial charge in [0.1, 0.15) is 5.82 Å². The average molecular weight is 213 g/mol. The molecule has 1 fully saturated rings. The summed E-state index contributed by atoms with van der Waals surface area (Å²) in [7, 11) is 0. The van der Waals surface area contributed by atoms with Crippen LogP contribution in [0.4, 0.5) is 5.13 Å². The van der Waals surface area contributed by atoms with Crippen LogP contribution in [-0.2, 0) is 0 Å².